The summed E-state index contributed by atoms with van der Waals surface area (Å²) >= 11 is 6.04. The number of piperidine rings is 1. The van der Waals surface area contributed by atoms with Gasteiger partial charge in [0.1, 0.15) is 17.8 Å². The first-order chi connectivity index (χ1) is 11.0. The van der Waals surface area contributed by atoms with Crippen molar-refractivity contribution in [3.63, 3.8) is 0 Å². The van der Waals surface area contributed by atoms with Crippen molar-refractivity contribution in [3.05, 3.63) is 35.1 Å². The van der Waals surface area contributed by atoms with E-state index in [0.717, 1.165) is 43.2 Å². The molecule has 0 radical (unpaired) electrons. The van der Waals surface area contributed by atoms with Crippen LogP contribution in [-0.4, -0.2) is 23.1 Å². The molecule has 23 heavy (non-hydrogen) atoms. The number of benzene rings is 1. The van der Waals surface area contributed by atoms with Crippen LogP contribution in [0, 0.1) is 12.8 Å². The minimum atomic E-state index is 0.385. The van der Waals surface area contributed by atoms with E-state index in [9.17, 15) is 0 Å². The van der Waals surface area contributed by atoms with Crippen molar-refractivity contribution >= 4 is 23.1 Å². The average molecular weight is 333 g/mol. The van der Waals surface area contributed by atoms with Gasteiger partial charge in [-0.2, -0.15) is 4.98 Å². The van der Waals surface area contributed by atoms with Gasteiger partial charge in [0.15, 0.2) is 5.82 Å². The lowest BCUT2D eigenvalue weighted by atomic mass is 9.99. The summed E-state index contributed by atoms with van der Waals surface area (Å²) in [6, 6.07) is 5.47. The number of anilines is 2. The molecule has 1 aliphatic heterocycles. The quantitative estimate of drug-likeness (QED) is 0.918. The Kier molecular flexibility index (Phi) is 4.57. The highest BCUT2D eigenvalue weighted by atomic mass is 35.5. The third kappa shape index (κ3) is 3.50. The zero-order chi connectivity index (χ0) is 16.4. The Morgan fingerprint density at radius 1 is 1.26 bits per heavy atom. The molecule has 0 unspecified atom stereocenters. The molecular formula is C17H21ClN4O. The summed E-state index contributed by atoms with van der Waals surface area (Å²) in [5.41, 5.74) is 7.67. The molecule has 2 N–H and O–H groups in total. The van der Waals surface area contributed by atoms with E-state index in [-0.39, 0.29) is 0 Å². The molecule has 3 rings (SSSR count). The molecule has 1 aromatic heterocycles. The van der Waals surface area contributed by atoms with Crippen molar-refractivity contribution in [3.8, 4) is 11.6 Å². The van der Waals surface area contributed by atoms with Gasteiger partial charge in [0, 0.05) is 18.1 Å². The van der Waals surface area contributed by atoms with Crippen LogP contribution in [0.25, 0.3) is 0 Å². The number of aromatic nitrogens is 2. The molecule has 6 heteroatoms. The Morgan fingerprint density at radius 2 is 2.00 bits per heavy atom. The Labute approximate surface area is 141 Å². The third-order valence-electron chi connectivity index (χ3n) is 4.25. The lowest BCUT2D eigenvalue weighted by Crippen LogP contribution is -2.34. The Bertz CT molecular complexity index is 699. The highest BCUT2D eigenvalue weighted by Crippen LogP contribution is 2.34. The van der Waals surface area contributed by atoms with Gasteiger partial charge in [0.05, 0.1) is 0 Å². The molecule has 1 saturated heterocycles. The Balaban J connectivity index is 1.83. The largest absolute Gasteiger partial charge is 0.437 e. The highest BCUT2D eigenvalue weighted by Gasteiger charge is 2.21. The van der Waals surface area contributed by atoms with E-state index in [0.29, 0.717) is 22.3 Å². The number of rotatable bonds is 3. The first-order valence-corrected chi connectivity index (χ1v) is 8.22. The van der Waals surface area contributed by atoms with Crippen molar-refractivity contribution in [1.82, 2.24) is 9.97 Å². The summed E-state index contributed by atoms with van der Waals surface area (Å²) in [5, 5.41) is 0.705. The highest BCUT2D eigenvalue weighted by molar-refractivity contribution is 6.31. The van der Waals surface area contributed by atoms with Crippen LogP contribution in [-0.2, 0) is 0 Å². The van der Waals surface area contributed by atoms with Gasteiger partial charge in [0.25, 0.3) is 0 Å². The number of nitrogen functional groups attached to an aromatic ring is 1. The fraction of sp³-hybridized carbons (Fsp3) is 0.412. The van der Waals surface area contributed by atoms with Gasteiger partial charge in [0.2, 0.25) is 5.88 Å². The number of ether oxygens (including phenoxy) is 1. The van der Waals surface area contributed by atoms with Crippen molar-refractivity contribution in [2.45, 2.75) is 26.7 Å². The molecule has 1 fully saturated rings. The van der Waals surface area contributed by atoms with E-state index in [1.807, 2.05) is 13.0 Å². The number of nitrogens with zero attached hydrogens (tertiary/aromatic N) is 3. The van der Waals surface area contributed by atoms with Gasteiger partial charge in [-0.05, 0) is 49.4 Å². The maximum atomic E-state index is 6.25. The third-order valence-corrected chi connectivity index (χ3v) is 4.68. The fourth-order valence-corrected chi connectivity index (χ4v) is 2.83. The number of hydrogen-bond donors (Lipinski definition) is 1. The molecule has 2 heterocycles. The van der Waals surface area contributed by atoms with Crippen LogP contribution in [0.3, 0.4) is 0 Å². The molecule has 0 amide bonds. The molecule has 0 saturated carbocycles. The Morgan fingerprint density at radius 3 is 2.70 bits per heavy atom. The Hall–Kier alpha value is -2.01. The number of hydrogen-bond acceptors (Lipinski definition) is 5. The maximum absolute atomic E-state index is 6.25. The van der Waals surface area contributed by atoms with Crippen molar-refractivity contribution < 1.29 is 4.74 Å². The minimum Gasteiger partial charge on any atom is -0.437 e. The van der Waals surface area contributed by atoms with E-state index in [2.05, 4.69) is 21.8 Å². The van der Waals surface area contributed by atoms with Crippen molar-refractivity contribution in [2.75, 3.05) is 23.7 Å². The lowest BCUT2D eigenvalue weighted by molar-refractivity contribution is 0.434. The van der Waals surface area contributed by atoms with E-state index in [1.54, 1.807) is 12.1 Å². The number of halogens is 1. The van der Waals surface area contributed by atoms with Crippen LogP contribution in [0.1, 0.15) is 25.3 Å². The topological polar surface area (TPSA) is 64.3 Å². The summed E-state index contributed by atoms with van der Waals surface area (Å²) in [4.78, 5) is 10.7. The summed E-state index contributed by atoms with van der Waals surface area (Å²) < 4.78 is 5.84. The average Bonchev–Trinajstić information content (AvgIpc) is 2.54. The van der Waals surface area contributed by atoms with Crippen LogP contribution in [0.4, 0.5) is 11.5 Å². The van der Waals surface area contributed by atoms with Gasteiger partial charge in [-0.1, -0.05) is 18.5 Å². The van der Waals surface area contributed by atoms with Gasteiger partial charge < -0.3 is 15.4 Å². The zero-order valence-corrected chi connectivity index (χ0v) is 14.2. The van der Waals surface area contributed by atoms with E-state index in [1.165, 1.54) is 6.33 Å². The van der Waals surface area contributed by atoms with Gasteiger partial charge >= 0.3 is 0 Å². The molecular weight excluding hydrogens is 312 g/mol. The first-order valence-electron chi connectivity index (χ1n) is 7.84. The second-order valence-electron chi connectivity index (χ2n) is 6.10. The molecule has 0 atom stereocenters. The first kappa shape index (κ1) is 15.9. The van der Waals surface area contributed by atoms with Crippen molar-refractivity contribution in [2.24, 2.45) is 5.92 Å². The molecule has 0 aliphatic carbocycles. The number of aryl methyl sites for hydroxylation is 1. The minimum absolute atomic E-state index is 0.385. The van der Waals surface area contributed by atoms with Crippen LogP contribution in [0.15, 0.2) is 24.5 Å². The summed E-state index contributed by atoms with van der Waals surface area (Å²) in [7, 11) is 0. The standard InChI is InChI=1S/C17H21ClN4O/c1-11-5-7-22(8-6-11)16-15(19)17(21-10-20-16)23-13-3-4-14(18)12(2)9-13/h3-4,9-11H,5-8,19H2,1-2H3. The molecule has 0 spiro atoms. The van der Waals surface area contributed by atoms with E-state index in [4.69, 9.17) is 22.1 Å². The summed E-state index contributed by atoms with van der Waals surface area (Å²) in [6.07, 6.45) is 3.80. The van der Waals surface area contributed by atoms with Gasteiger partial charge in [-0.25, -0.2) is 4.98 Å². The maximum Gasteiger partial charge on any atom is 0.248 e. The van der Waals surface area contributed by atoms with Crippen molar-refractivity contribution in [1.29, 1.82) is 0 Å². The molecule has 1 aliphatic rings. The number of nitrogens with two attached hydrogens (primary N) is 1. The van der Waals surface area contributed by atoms with Crippen LogP contribution in [0.2, 0.25) is 5.02 Å². The van der Waals surface area contributed by atoms with Gasteiger partial charge in [-0.15, -0.1) is 0 Å². The zero-order valence-electron chi connectivity index (χ0n) is 13.4. The molecule has 5 nitrogen and oxygen atoms in total. The fourth-order valence-electron chi connectivity index (χ4n) is 2.72. The lowest BCUT2D eigenvalue weighted by Gasteiger charge is -2.31. The van der Waals surface area contributed by atoms with Crippen LogP contribution >= 0.6 is 11.6 Å². The molecule has 1 aromatic carbocycles. The smallest absolute Gasteiger partial charge is 0.248 e. The molecule has 122 valence electrons. The summed E-state index contributed by atoms with van der Waals surface area (Å²) in [6.45, 7) is 6.13. The molecule has 2 aromatic rings. The van der Waals surface area contributed by atoms with E-state index < -0.39 is 0 Å². The van der Waals surface area contributed by atoms with Crippen LogP contribution < -0.4 is 15.4 Å². The second-order valence-corrected chi connectivity index (χ2v) is 6.51. The second kappa shape index (κ2) is 6.62. The van der Waals surface area contributed by atoms with E-state index >= 15 is 0 Å². The summed E-state index contributed by atoms with van der Waals surface area (Å²) in [5.74, 6) is 2.56. The predicted octanol–water partition coefficient (Wildman–Crippen LogP) is 4.05. The monoisotopic (exact) mass is 332 g/mol. The normalized spacial score (nSPS) is 15.7. The predicted molar refractivity (Wildman–Crippen MR) is 93.3 cm³/mol. The molecule has 0 bridgehead atoms. The van der Waals surface area contributed by atoms with Gasteiger partial charge in [-0.3, -0.25) is 0 Å². The SMILES string of the molecule is Cc1cc(Oc2ncnc(N3CCC(C)CC3)c2N)ccc1Cl. The van der Waals surface area contributed by atoms with Crippen LogP contribution in [0.5, 0.6) is 11.6 Å².